The maximum Gasteiger partial charge on any atom is 0.225 e. The molecule has 3 nitrogen and oxygen atoms in total. The number of rotatable bonds is 7. The van der Waals surface area contributed by atoms with Gasteiger partial charge in [0.2, 0.25) is 5.91 Å². The van der Waals surface area contributed by atoms with Crippen molar-refractivity contribution in [3.8, 4) is 0 Å². The van der Waals surface area contributed by atoms with Crippen LogP contribution in [0.15, 0.2) is 72.8 Å². The van der Waals surface area contributed by atoms with Gasteiger partial charge in [-0.2, -0.15) is 0 Å². The molecule has 0 aliphatic carbocycles. The highest BCUT2D eigenvalue weighted by molar-refractivity contribution is 7.11. The Morgan fingerprint density at radius 3 is 2.59 bits per heavy atom. The number of fused-ring (bicyclic) bond motifs is 1. The summed E-state index contributed by atoms with van der Waals surface area (Å²) < 4.78 is 0. The van der Waals surface area contributed by atoms with Gasteiger partial charge in [0.15, 0.2) is 0 Å². The molecule has 1 aromatic heterocycles. The predicted molar refractivity (Wildman–Crippen MR) is 120 cm³/mol. The van der Waals surface area contributed by atoms with Crippen LogP contribution in [0.2, 0.25) is 0 Å². The number of thiazole rings is 1. The standard InChI is InChI=1S/C25H24N2OS/c1-18-23(17-24(28)26-15-14-19-8-3-2-4-9-19)29-25(27-18)16-21-12-7-11-20-10-5-6-13-22(20)21/h2-13H,14-17H2,1H3,(H,26,28). The van der Waals surface area contributed by atoms with Crippen LogP contribution in [-0.4, -0.2) is 17.4 Å². The van der Waals surface area contributed by atoms with E-state index in [0.29, 0.717) is 13.0 Å². The first-order valence-corrected chi connectivity index (χ1v) is 10.7. The van der Waals surface area contributed by atoms with Gasteiger partial charge in [-0.15, -0.1) is 11.3 Å². The van der Waals surface area contributed by atoms with E-state index in [1.807, 2.05) is 25.1 Å². The number of benzene rings is 3. The van der Waals surface area contributed by atoms with Gasteiger partial charge in [-0.1, -0.05) is 72.8 Å². The number of nitrogens with zero attached hydrogens (tertiary/aromatic N) is 1. The number of hydrogen-bond donors (Lipinski definition) is 1. The van der Waals surface area contributed by atoms with Gasteiger partial charge in [-0.05, 0) is 35.2 Å². The average Bonchev–Trinajstić information content (AvgIpc) is 3.07. The molecule has 0 unspecified atom stereocenters. The largest absolute Gasteiger partial charge is 0.355 e. The molecule has 4 aromatic rings. The van der Waals surface area contributed by atoms with Crippen molar-refractivity contribution < 1.29 is 4.79 Å². The molecule has 0 atom stereocenters. The van der Waals surface area contributed by atoms with Gasteiger partial charge in [0.05, 0.1) is 17.1 Å². The lowest BCUT2D eigenvalue weighted by Crippen LogP contribution is -2.27. The van der Waals surface area contributed by atoms with E-state index >= 15 is 0 Å². The number of aryl methyl sites for hydroxylation is 1. The minimum atomic E-state index is 0.0596. The second-order valence-corrected chi connectivity index (χ2v) is 8.36. The summed E-state index contributed by atoms with van der Waals surface area (Å²) in [6.07, 6.45) is 2.04. The quantitative estimate of drug-likeness (QED) is 0.469. The molecule has 0 radical (unpaired) electrons. The molecular formula is C25H24N2OS. The van der Waals surface area contributed by atoms with Crippen LogP contribution in [0.5, 0.6) is 0 Å². The van der Waals surface area contributed by atoms with E-state index in [1.54, 1.807) is 11.3 Å². The van der Waals surface area contributed by atoms with E-state index in [-0.39, 0.29) is 5.91 Å². The van der Waals surface area contributed by atoms with Gasteiger partial charge in [-0.25, -0.2) is 4.98 Å². The molecule has 3 aromatic carbocycles. The molecule has 4 rings (SSSR count). The Labute approximate surface area is 175 Å². The first kappa shape index (κ1) is 19.3. The molecule has 0 spiro atoms. The Morgan fingerprint density at radius 1 is 0.966 bits per heavy atom. The zero-order chi connectivity index (χ0) is 20.1. The Morgan fingerprint density at radius 2 is 1.72 bits per heavy atom. The molecule has 146 valence electrons. The predicted octanol–water partition coefficient (Wildman–Crippen LogP) is 5.10. The maximum atomic E-state index is 12.4. The number of aromatic nitrogens is 1. The van der Waals surface area contributed by atoms with E-state index in [4.69, 9.17) is 4.98 Å². The van der Waals surface area contributed by atoms with Crippen LogP contribution >= 0.6 is 11.3 Å². The summed E-state index contributed by atoms with van der Waals surface area (Å²) in [6, 6.07) is 25.0. The summed E-state index contributed by atoms with van der Waals surface area (Å²) in [5.74, 6) is 0.0596. The minimum Gasteiger partial charge on any atom is -0.355 e. The van der Waals surface area contributed by atoms with E-state index in [0.717, 1.165) is 28.4 Å². The second kappa shape index (κ2) is 9.01. The van der Waals surface area contributed by atoms with Crippen molar-refractivity contribution in [1.82, 2.24) is 10.3 Å². The molecule has 1 amide bonds. The fourth-order valence-electron chi connectivity index (χ4n) is 3.54. The van der Waals surface area contributed by atoms with Gasteiger partial charge in [-0.3, -0.25) is 4.79 Å². The average molecular weight is 401 g/mol. The van der Waals surface area contributed by atoms with E-state index < -0.39 is 0 Å². The minimum absolute atomic E-state index is 0.0596. The fourth-order valence-corrected chi connectivity index (χ4v) is 4.63. The number of carbonyl (C=O) groups is 1. The van der Waals surface area contributed by atoms with Crippen molar-refractivity contribution in [2.45, 2.75) is 26.2 Å². The van der Waals surface area contributed by atoms with Crippen molar-refractivity contribution in [2.24, 2.45) is 0 Å². The van der Waals surface area contributed by atoms with Gasteiger partial charge >= 0.3 is 0 Å². The Bertz CT molecular complexity index is 1110. The lowest BCUT2D eigenvalue weighted by molar-refractivity contribution is -0.120. The highest BCUT2D eigenvalue weighted by Gasteiger charge is 2.13. The topological polar surface area (TPSA) is 42.0 Å². The normalized spacial score (nSPS) is 10.9. The van der Waals surface area contributed by atoms with Gasteiger partial charge in [0.1, 0.15) is 0 Å². The SMILES string of the molecule is Cc1nc(Cc2cccc3ccccc23)sc1CC(=O)NCCc1ccccc1. The summed E-state index contributed by atoms with van der Waals surface area (Å²) in [4.78, 5) is 18.2. The number of nitrogens with one attached hydrogen (secondary N) is 1. The third-order valence-corrected chi connectivity index (χ3v) is 6.22. The summed E-state index contributed by atoms with van der Waals surface area (Å²) in [7, 11) is 0. The van der Waals surface area contributed by atoms with Crippen LogP contribution in [0.25, 0.3) is 10.8 Å². The molecule has 0 saturated heterocycles. The first-order valence-electron chi connectivity index (χ1n) is 9.91. The monoisotopic (exact) mass is 400 g/mol. The summed E-state index contributed by atoms with van der Waals surface area (Å²) >= 11 is 1.65. The molecule has 0 bridgehead atoms. The Balaban J connectivity index is 1.38. The maximum absolute atomic E-state index is 12.4. The number of hydrogen-bond acceptors (Lipinski definition) is 3. The third kappa shape index (κ3) is 4.90. The zero-order valence-corrected chi connectivity index (χ0v) is 17.3. The van der Waals surface area contributed by atoms with E-state index in [2.05, 4.69) is 59.9 Å². The highest BCUT2D eigenvalue weighted by atomic mass is 32.1. The summed E-state index contributed by atoms with van der Waals surface area (Å²) in [5.41, 5.74) is 3.47. The van der Waals surface area contributed by atoms with Crippen molar-refractivity contribution >= 4 is 28.0 Å². The van der Waals surface area contributed by atoms with Crippen LogP contribution in [0, 0.1) is 6.92 Å². The number of carbonyl (C=O) groups excluding carboxylic acids is 1. The van der Waals surface area contributed by atoms with Gasteiger partial charge in [0.25, 0.3) is 0 Å². The molecule has 0 saturated carbocycles. The molecule has 0 fully saturated rings. The van der Waals surface area contributed by atoms with E-state index in [1.165, 1.54) is 21.9 Å². The summed E-state index contributed by atoms with van der Waals surface area (Å²) in [5, 5.41) is 6.60. The van der Waals surface area contributed by atoms with Crippen LogP contribution in [0.4, 0.5) is 0 Å². The van der Waals surface area contributed by atoms with Gasteiger partial charge < -0.3 is 5.32 Å². The molecule has 1 heterocycles. The zero-order valence-electron chi connectivity index (χ0n) is 16.5. The fraction of sp³-hybridized carbons (Fsp3) is 0.200. The Kier molecular flexibility index (Phi) is 6.01. The van der Waals surface area contributed by atoms with Crippen molar-refractivity contribution in [3.05, 3.63) is 99.5 Å². The smallest absolute Gasteiger partial charge is 0.225 e. The van der Waals surface area contributed by atoms with Crippen molar-refractivity contribution in [2.75, 3.05) is 6.54 Å². The lowest BCUT2D eigenvalue weighted by atomic mass is 10.0. The van der Waals surface area contributed by atoms with Crippen LogP contribution < -0.4 is 5.32 Å². The second-order valence-electron chi connectivity index (χ2n) is 7.19. The Hall–Kier alpha value is -2.98. The summed E-state index contributed by atoms with van der Waals surface area (Å²) in [6.45, 7) is 2.65. The molecule has 0 aliphatic rings. The third-order valence-electron chi connectivity index (χ3n) is 5.06. The number of amides is 1. The van der Waals surface area contributed by atoms with Crippen molar-refractivity contribution in [3.63, 3.8) is 0 Å². The van der Waals surface area contributed by atoms with Gasteiger partial charge in [0, 0.05) is 17.8 Å². The van der Waals surface area contributed by atoms with Crippen LogP contribution in [-0.2, 0) is 24.1 Å². The van der Waals surface area contributed by atoms with Crippen LogP contribution in [0.3, 0.4) is 0 Å². The first-order chi connectivity index (χ1) is 14.2. The molecular weight excluding hydrogens is 376 g/mol. The molecule has 1 N–H and O–H groups in total. The lowest BCUT2D eigenvalue weighted by Gasteiger charge is -2.05. The molecule has 4 heteroatoms. The van der Waals surface area contributed by atoms with E-state index in [9.17, 15) is 4.79 Å². The highest BCUT2D eigenvalue weighted by Crippen LogP contribution is 2.25. The van der Waals surface area contributed by atoms with Crippen molar-refractivity contribution in [1.29, 1.82) is 0 Å². The molecule has 0 aliphatic heterocycles. The van der Waals surface area contributed by atoms with Crippen LogP contribution in [0.1, 0.15) is 26.7 Å². The molecule has 29 heavy (non-hydrogen) atoms.